The summed E-state index contributed by atoms with van der Waals surface area (Å²) in [4.78, 5) is 12.3. The Labute approximate surface area is 111 Å². The molecular formula is C14H28N2O2. The molecule has 1 aliphatic rings. The largest absolute Gasteiger partial charge is 0.385 e. The van der Waals surface area contributed by atoms with Gasteiger partial charge in [-0.05, 0) is 37.6 Å². The zero-order chi connectivity index (χ0) is 13.6. The average Bonchev–Trinajstić information content (AvgIpc) is 2.83. The monoisotopic (exact) mass is 256 g/mol. The number of nitrogens with one attached hydrogen (secondary N) is 2. The van der Waals surface area contributed by atoms with E-state index in [1.165, 1.54) is 0 Å². The lowest BCUT2D eigenvalue weighted by Gasteiger charge is -2.30. The van der Waals surface area contributed by atoms with Gasteiger partial charge in [0.2, 0.25) is 5.91 Å². The van der Waals surface area contributed by atoms with Crippen LogP contribution in [0, 0.1) is 5.41 Å². The van der Waals surface area contributed by atoms with Crippen LogP contribution in [0.4, 0.5) is 0 Å². The molecule has 0 aliphatic carbocycles. The highest BCUT2D eigenvalue weighted by molar-refractivity contribution is 5.86. The SMILES string of the molecule is CCC1(C(=O)NCC(C)(C)CCOC)CCCN1. The number of amides is 1. The van der Waals surface area contributed by atoms with Gasteiger partial charge in [0.1, 0.15) is 0 Å². The Morgan fingerprint density at radius 3 is 2.72 bits per heavy atom. The molecule has 1 aliphatic heterocycles. The molecule has 106 valence electrons. The van der Waals surface area contributed by atoms with Crippen molar-refractivity contribution in [1.82, 2.24) is 10.6 Å². The molecule has 1 atom stereocenters. The van der Waals surface area contributed by atoms with Crippen LogP contribution in [-0.4, -0.2) is 38.3 Å². The number of hydrogen-bond donors (Lipinski definition) is 2. The molecule has 4 nitrogen and oxygen atoms in total. The minimum Gasteiger partial charge on any atom is -0.385 e. The number of carbonyl (C=O) groups is 1. The van der Waals surface area contributed by atoms with E-state index in [4.69, 9.17) is 4.74 Å². The molecule has 1 fully saturated rings. The van der Waals surface area contributed by atoms with Gasteiger partial charge >= 0.3 is 0 Å². The Hall–Kier alpha value is -0.610. The van der Waals surface area contributed by atoms with Crippen LogP contribution in [0.25, 0.3) is 0 Å². The fourth-order valence-corrected chi connectivity index (χ4v) is 2.42. The van der Waals surface area contributed by atoms with Gasteiger partial charge in [-0.15, -0.1) is 0 Å². The zero-order valence-corrected chi connectivity index (χ0v) is 12.3. The van der Waals surface area contributed by atoms with Crippen LogP contribution in [-0.2, 0) is 9.53 Å². The van der Waals surface area contributed by atoms with E-state index in [1.807, 2.05) is 0 Å². The van der Waals surface area contributed by atoms with Gasteiger partial charge in [-0.1, -0.05) is 20.8 Å². The summed E-state index contributed by atoms with van der Waals surface area (Å²) in [5, 5.41) is 6.47. The van der Waals surface area contributed by atoms with Crippen molar-refractivity contribution in [3.63, 3.8) is 0 Å². The second-order valence-corrected chi connectivity index (χ2v) is 6.06. The van der Waals surface area contributed by atoms with Gasteiger partial charge in [0.15, 0.2) is 0 Å². The number of hydrogen-bond acceptors (Lipinski definition) is 3. The molecule has 0 radical (unpaired) electrons. The lowest BCUT2D eigenvalue weighted by Crippen LogP contribution is -2.54. The molecule has 1 rings (SSSR count). The lowest BCUT2D eigenvalue weighted by molar-refractivity contribution is -0.127. The molecule has 0 bridgehead atoms. The smallest absolute Gasteiger partial charge is 0.240 e. The van der Waals surface area contributed by atoms with Crippen molar-refractivity contribution in [3.8, 4) is 0 Å². The molecule has 1 saturated heterocycles. The van der Waals surface area contributed by atoms with Gasteiger partial charge in [0.05, 0.1) is 5.54 Å². The summed E-state index contributed by atoms with van der Waals surface area (Å²) in [6, 6.07) is 0. The van der Waals surface area contributed by atoms with E-state index in [-0.39, 0.29) is 16.9 Å². The highest BCUT2D eigenvalue weighted by atomic mass is 16.5. The fraction of sp³-hybridized carbons (Fsp3) is 0.929. The molecule has 0 spiro atoms. The Morgan fingerprint density at radius 2 is 2.22 bits per heavy atom. The van der Waals surface area contributed by atoms with Gasteiger partial charge in [-0.3, -0.25) is 4.79 Å². The molecular weight excluding hydrogens is 228 g/mol. The van der Waals surface area contributed by atoms with E-state index in [0.717, 1.165) is 38.8 Å². The molecule has 0 aromatic heterocycles. The summed E-state index contributed by atoms with van der Waals surface area (Å²) in [5.74, 6) is 0.160. The first-order valence-corrected chi connectivity index (χ1v) is 6.98. The first-order valence-electron chi connectivity index (χ1n) is 6.98. The van der Waals surface area contributed by atoms with Crippen LogP contribution in [0.1, 0.15) is 46.5 Å². The fourth-order valence-electron chi connectivity index (χ4n) is 2.42. The minimum atomic E-state index is -0.322. The van der Waals surface area contributed by atoms with Gasteiger partial charge < -0.3 is 15.4 Å². The zero-order valence-electron chi connectivity index (χ0n) is 12.3. The molecule has 0 saturated carbocycles. The van der Waals surface area contributed by atoms with Crippen molar-refractivity contribution < 1.29 is 9.53 Å². The van der Waals surface area contributed by atoms with E-state index >= 15 is 0 Å². The third-order valence-corrected chi connectivity index (χ3v) is 3.99. The first-order chi connectivity index (χ1) is 8.46. The molecule has 2 N–H and O–H groups in total. The van der Waals surface area contributed by atoms with Crippen LogP contribution < -0.4 is 10.6 Å². The molecule has 1 amide bonds. The molecule has 0 aromatic carbocycles. The second kappa shape index (κ2) is 6.53. The van der Waals surface area contributed by atoms with E-state index in [0.29, 0.717) is 6.54 Å². The Balaban J connectivity index is 2.44. The van der Waals surface area contributed by atoms with E-state index < -0.39 is 0 Å². The summed E-state index contributed by atoms with van der Waals surface area (Å²) in [7, 11) is 1.71. The van der Waals surface area contributed by atoms with Crippen LogP contribution in [0.15, 0.2) is 0 Å². The molecule has 4 heteroatoms. The van der Waals surface area contributed by atoms with E-state index in [1.54, 1.807) is 7.11 Å². The summed E-state index contributed by atoms with van der Waals surface area (Å²) >= 11 is 0. The van der Waals surface area contributed by atoms with Crippen molar-refractivity contribution in [3.05, 3.63) is 0 Å². The molecule has 1 unspecified atom stereocenters. The summed E-state index contributed by atoms with van der Waals surface area (Å²) in [6.07, 6.45) is 3.86. The molecule has 18 heavy (non-hydrogen) atoms. The highest BCUT2D eigenvalue weighted by Crippen LogP contribution is 2.24. The van der Waals surface area contributed by atoms with Crippen LogP contribution in [0.3, 0.4) is 0 Å². The maximum absolute atomic E-state index is 12.3. The normalized spacial score (nSPS) is 24.2. The van der Waals surface area contributed by atoms with E-state index in [9.17, 15) is 4.79 Å². The number of ether oxygens (including phenoxy) is 1. The Morgan fingerprint density at radius 1 is 1.50 bits per heavy atom. The van der Waals surface area contributed by atoms with Crippen molar-refractivity contribution >= 4 is 5.91 Å². The van der Waals surface area contributed by atoms with Crippen molar-refractivity contribution in [2.45, 2.75) is 52.0 Å². The van der Waals surface area contributed by atoms with Gasteiger partial charge in [-0.2, -0.15) is 0 Å². The molecule has 0 aromatic rings. The summed E-state index contributed by atoms with van der Waals surface area (Å²) < 4.78 is 5.10. The number of carbonyl (C=O) groups excluding carboxylic acids is 1. The van der Waals surface area contributed by atoms with Gasteiger partial charge in [-0.25, -0.2) is 0 Å². The highest BCUT2D eigenvalue weighted by Gasteiger charge is 2.39. The predicted octanol–water partition coefficient (Wildman–Crippen LogP) is 1.70. The van der Waals surface area contributed by atoms with E-state index in [2.05, 4.69) is 31.4 Å². The Bertz CT molecular complexity index is 271. The van der Waals surface area contributed by atoms with Crippen molar-refractivity contribution in [2.24, 2.45) is 5.41 Å². The van der Waals surface area contributed by atoms with Crippen molar-refractivity contribution in [2.75, 3.05) is 26.8 Å². The van der Waals surface area contributed by atoms with Crippen molar-refractivity contribution in [1.29, 1.82) is 0 Å². The second-order valence-electron chi connectivity index (χ2n) is 6.06. The topological polar surface area (TPSA) is 50.4 Å². The van der Waals surface area contributed by atoms with Gasteiger partial charge in [0, 0.05) is 20.3 Å². The van der Waals surface area contributed by atoms with Crippen LogP contribution >= 0.6 is 0 Å². The standard InChI is InChI=1S/C14H28N2O2/c1-5-14(7-6-9-16-14)12(17)15-11-13(2,3)8-10-18-4/h16H,5-11H2,1-4H3,(H,15,17). The third kappa shape index (κ3) is 3.95. The predicted molar refractivity (Wildman–Crippen MR) is 73.5 cm³/mol. The Kier molecular flexibility index (Phi) is 5.60. The third-order valence-electron chi connectivity index (χ3n) is 3.99. The summed E-state index contributed by atoms with van der Waals surface area (Å²) in [5.41, 5.74) is -0.240. The minimum absolute atomic E-state index is 0.0825. The number of methoxy groups -OCH3 is 1. The average molecular weight is 256 g/mol. The lowest BCUT2D eigenvalue weighted by atomic mass is 9.88. The maximum atomic E-state index is 12.3. The quantitative estimate of drug-likeness (QED) is 0.729. The van der Waals surface area contributed by atoms with Gasteiger partial charge in [0.25, 0.3) is 0 Å². The summed E-state index contributed by atoms with van der Waals surface area (Å²) in [6.45, 7) is 8.79. The van der Waals surface area contributed by atoms with Crippen LogP contribution in [0.2, 0.25) is 0 Å². The number of rotatable bonds is 7. The maximum Gasteiger partial charge on any atom is 0.240 e. The molecule has 1 heterocycles. The van der Waals surface area contributed by atoms with Crippen LogP contribution in [0.5, 0.6) is 0 Å². The first kappa shape index (κ1) is 15.4.